The van der Waals surface area contributed by atoms with E-state index in [9.17, 15) is 4.79 Å². The van der Waals surface area contributed by atoms with E-state index in [1.54, 1.807) is 18.2 Å². The molecule has 0 saturated heterocycles. The number of anilines is 1. The summed E-state index contributed by atoms with van der Waals surface area (Å²) in [5.74, 6) is -1.02. The maximum absolute atomic E-state index is 10.5. The van der Waals surface area contributed by atoms with Crippen molar-refractivity contribution in [2.24, 2.45) is 5.73 Å². The average Bonchev–Trinajstić information content (AvgIpc) is 2.09. The second-order valence-electron chi connectivity index (χ2n) is 2.99. The molecule has 4 nitrogen and oxygen atoms in total. The van der Waals surface area contributed by atoms with Gasteiger partial charge in [0.25, 0.3) is 0 Å². The highest BCUT2D eigenvalue weighted by Crippen LogP contribution is 2.19. The van der Waals surface area contributed by atoms with Crippen LogP contribution in [0.5, 0.6) is 0 Å². The number of aliphatic carboxylic acids is 1. The van der Waals surface area contributed by atoms with Crippen molar-refractivity contribution < 1.29 is 9.90 Å². The lowest BCUT2D eigenvalue weighted by Crippen LogP contribution is -2.32. The summed E-state index contributed by atoms with van der Waals surface area (Å²) < 4.78 is 0.864. The normalized spacial score (nSPS) is 12.4. The smallest absolute Gasteiger partial charge is 0.320 e. The van der Waals surface area contributed by atoms with E-state index in [0.717, 1.165) is 10.0 Å². The third kappa shape index (κ3) is 2.71. The van der Waals surface area contributed by atoms with Gasteiger partial charge in [0.15, 0.2) is 0 Å². The number of nitrogen functional groups attached to an aromatic ring is 1. The van der Waals surface area contributed by atoms with Gasteiger partial charge < -0.3 is 16.6 Å². The molecule has 5 N–H and O–H groups in total. The second-order valence-corrected chi connectivity index (χ2v) is 3.91. The number of carbonyl (C=O) groups is 1. The van der Waals surface area contributed by atoms with Crippen molar-refractivity contribution in [3.63, 3.8) is 0 Å². The van der Waals surface area contributed by atoms with Crippen LogP contribution in [-0.2, 0) is 11.2 Å². The average molecular weight is 259 g/mol. The topological polar surface area (TPSA) is 89.3 Å². The summed E-state index contributed by atoms with van der Waals surface area (Å²) in [5.41, 5.74) is 12.4. The fraction of sp³-hybridized carbons (Fsp3) is 0.222. The Hall–Kier alpha value is -1.07. The molecule has 0 amide bonds. The van der Waals surface area contributed by atoms with E-state index in [4.69, 9.17) is 16.6 Å². The van der Waals surface area contributed by atoms with Gasteiger partial charge in [0.2, 0.25) is 0 Å². The summed E-state index contributed by atoms with van der Waals surface area (Å²) in [6.07, 6.45) is 0.244. The fourth-order valence-corrected chi connectivity index (χ4v) is 1.45. The summed E-state index contributed by atoms with van der Waals surface area (Å²) in [4.78, 5) is 10.5. The van der Waals surface area contributed by atoms with E-state index in [2.05, 4.69) is 15.9 Å². The summed E-state index contributed by atoms with van der Waals surface area (Å²) in [7, 11) is 0. The van der Waals surface area contributed by atoms with Crippen LogP contribution in [0.1, 0.15) is 5.56 Å². The Bertz CT molecular complexity index is 355. The number of carboxylic acids is 1. The molecular formula is C9H11BrN2O2. The van der Waals surface area contributed by atoms with Crippen LogP contribution in [0.4, 0.5) is 5.69 Å². The van der Waals surface area contributed by atoms with Gasteiger partial charge in [-0.3, -0.25) is 4.79 Å². The van der Waals surface area contributed by atoms with Gasteiger partial charge >= 0.3 is 5.97 Å². The van der Waals surface area contributed by atoms with Crippen molar-refractivity contribution in [2.45, 2.75) is 12.5 Å². The van der Waals surface area contributed by atoms with Crippen LogP contribution in [0.2, 0.25) is 0 Å². The molecule has 76 valence electrons. The molecule has 0 unspecified atom stereocenters. The number of nitrogens with two attached hydrogens (primary N) is 2. The Morgan fingerprint density at radius 2 is 2.21 bits per heavy atom. The molecule has 0 bridgehead atoms. The maximum atomic E-state index is 10.5. The van der Waals surface area contributed by atoms with Crippen LogP contribution in [0, 0.1) is 0 Å². The highest BCUT2D eigenvalue weighted by molar-refractivity contribution is 9.10. The van der Waals surface area contributed by atoms with Crippen LogP contribution in [-0.4, -0.2) is 17.1 Å². The minimum Gasteiger partial charge on any atom is -0.480 e. The van der Waals surface area contributed by atoms with E-state index in [1.807, 2.05) is 0 Å². The van der Waals surface area contributed by atoms with Gasteiger partial charge in [-0.05, 0) is 17.7 Å². The van der Waals surface area contributed by atoms with E-state index < -0.39 is 12.0 Å². The first kappa shape index (κ1) is 11.0. The van der Waals surface area contributed by atoms with Crippen LogP contribution in [0.15, 0.2) is 22.7 Å². The van der Waals surface area contributed by atoms with Gasteiger partial charge in [-0.15, -0.1) is 0 Å². The van der Waals surface area contributed by atoms with Crippen LogP contribution in [0.3, 0.4) is 0 Å². The first-order valence-corrected chi connectivity index (χ1v) is 4.82. The van der Waals surface area contributed by atoms with E-state index >= 15 is 0 Å². The standard InChI is InChI=1S/C9H11BrN2O2/c10-6-2-1-5(7(11)4-6)3-8(12)9(13)14/h1-2,4,8H,3,11-12H2,(H,13,14)/t8-/m0/s1. The zero-order valence-corrected chi connectivity index (χ0v) is 8.99. The molecule has 1 atom stereocenters. The van der Waals surface area contributed by atoms with Gasteiger partial charge in [-0.1, -0.05) is 22.0 Å². The molecule has 0 aliphatic heterocycles. The van der Waals surface area contributed by atoms with Crippen molar-refractivity contribution in [3.8, 4) is 0 Å². The van der Waals surface area contributed by atoms with Crippen molar-refractivity contribution >= 4 is 27.6 Å². The second kappa shape index (κ2) is 4.43. The molecule has 0 radical (unpaired) electrons. The molecule has 14 heavy (non-hydrogen) atoms. The van der Waals surface area contributed by atoms with Gasteiger partial charge in [-0.2, -0.15) is 0 Å². The fourth-order valence-electron chi connectivity index (χ4n) is 1.08. The number of rotatable bonds is 3. The van der Waals surface area contributed by atoms with Crippen molar-refractivity contribution in [3.05, 3.63) is 28.2 Å². The van der Waals surface area contributed by atoms with E-state index in [-0.39, 0.29) is 6.42 Å². The number of carboxylic acid groups (broad SMARTS) is 1. The van der Waals surface area contributed by atoms with Crippen molar-refractivity contribution in [1.82, 2.24) is 0 Å². The first-order chi connectivity index (χ1) is 6.50. The zero-order chi connectivity index (χ0) is 10.7. The third-order valence-corrected chi connectivity index (χ3v) is 2.36. The molecule has 5 heteroatoms. The molecule has 0 aromatic heterocycles. The summed E-state index contributed by atoms with van der Waals surface area (Å²) in [5, 5.41) is 8.61. The number of benzene rings is 1. The Labute approximate surface area is 90.0 Å². The predicted molar refractivity (Wildman–Crippen MR) is 57.9 cm³/mol. The van der Waals surface area contributed by atoms with Crippen LogP contribution in [0.25, 0.3) is 0 Å². The molecule has 0 aliphatic rings. The minimum absolute atomic E-state index is 0.244. The van der Waals surface area contributed by atoms with Crippen LogP contribution >= 0.6 is 15.9 Å². The molecule has 1 rings (SSSR count). The van der Waals surface area contributed by atoms with Gasteiger partial charge in [0.1, 0.15) is 6.04 Å². The molecule has 1 aromatic carbocycles. The molecule has 0 heterocycles. The molecule has 0 fully saturated rings. The van der Waals surface area contributed by atoms with Gasteiger partial charge in [0, 0.05) is 16.6 Å². The zero-order valence-electron chi connectivity index (χ0n) is 7.40. The number of halogens is 1. The van der Waals surface area contributed by atoms with Gasteiger partial charge in [-0.25, -0.2) is 0 Å². The lowest BCUT2D eigenvalue weighted by Gasteiger charge is -2.09. The SMILES string of the molecule is Nc1cc(Br)ccc1C[C@H](N)C(=O)O. The molecule has 0 saturated carbocycles. The largest absolute Gasteiger partial charge is 0.480 e. The Morgan fingerprint density at radius 3 is 2.71 bits per heavy atom. The van der Waals surface area contributed by atoms with E-state index in [0.29, 0.717) is 5.69 Å². The lowest BCUT2D eigenvalue weighted by molar-refractivity contribution is -0.138. The minimum atomic E-state index is -1.02. The Morgan fingerprint density at radius 1 is 1.57 bits per heavy atom. The Balaban J connectivity index is 2.82. The predicted octanol–water partition coefficient (Wildman–Crippen LogP) is 0.986. The highest BCUT2D eigenvalue weighted by Gasteiger charge is 2.13. The molecular weight excluding hydrogens is 248 g/mol. The third-order valence-electron chi connectivity index (χ3n) is 1.86. The lowest BCUT2D eigenvalue weighted by atomic mass is 10.1. The monoisotopic (exact) mass is 258 g/mol. The quantitative estimate of drug-likeness (QED) is 0.706. The van der Waals surface area contributed by atoms with E-state index in [1.165, 1.54) is 0 Å². The summed E-state index contributed by atoms with van der Waals surface area (Å²) in [6.45, 7) is 0. The van der Waals surface area contributed by atoms with Crippen molar-refractivity contribution in [1.29, 1.82) is 0 Å². The summed E-state index contributed by atoms with van der Waals surface area (Å²) >= 11 is 3.26. The molecule has 0 spiro atoms. The highest BCUT2D eigenvalue weighted by atomic mass is 79.9. The molecule has 0 aliphatic carbocycles. The number of hydrogen-bond acceptors (Lipinski definition) is 3. The molecule has 1 aromatic rings. The first-order valence-electron chi connectivity index (χ1n) is 4.03. The Kier molecular flexibility index (Phi) is 3.49. The maximum Gasteiger partial charge on any atom is 0.320 e. The summed E-state index contributed by atoms with van der Waals surface area (Å²) in [6, 6.07) is 4.39. The van der Waals surface area contributed by atoms with Gasteiger partial charge in [0.05, 0.1) is 0 Å². The number of hydrogen-bond donors (Lipinski definition) is 3. The van der Waals surface area contributed by atoms with Crippen molar-refractivity contribution in [2.75, 3.05) is 5.73 Å². The van der Waals surface area contributed by atoms with Crippen LogP contribution < -0.4 is 11.5 Å².